The fraction of sp³-hybridized carbons (Fsp3) is 0.833. The van der Waals surface area contributed by atoms with Gasteiger partial charge in [-0.1, -0.05) is 5.59 Å². The number of aldehydes is 1. The first kappa shape index (κ1) is 15.5. The van der Waals surface area contributed by atoms with Crippen molar-refractivity contribution < 1.29 is 30.3 Å². The molecule has 0 rings (SSSR count). The van der Waals surface area contributed by atoms with Gasteiger partial charge in [-0.05, 0) is 0 Å². The van der Waals surface area contributed by atoms with Crippen molar-refractivity contribution in [2.45, 2.75) is 24.4 Å². The van der Waals surface area contributed by atoms with Crippen LogP contribution in [0.4, 0.5) is 0 Å². The number of aliphatic hydroxyl groups is 5. The third-order valence-corrected chi connectivity index (χ3v) is 1.42. The van der Waals surface area contributed by atoms with Crippen molar-refractivity contribution in [3.05, 3.63) is 4.91 Å². The Morgan fingerprint density at radius 3 is 1.79 bits per heavy atom. The largest absolute Gasteiger partial charge is 0.394 e. The fourth-order valence-electron chi connectivity index (χ4n) is 0.618. The summed E-state index contributed by atoms with van der Waals surface area (Å²) in [7, 11) is 0. The number of carbonyl (C=O) groups is 1. The van der Waals surface area contributed by atoms with Gasteiger partial charge in [0, 0.05) is 0 Å². The molecular formula is C6H13NO7. The van der Waals surface area contributed by atoms with Crippen LogP contribution in [-0.4, -0.2) is 62.8 Å². The number of hydrogen-bond acceptors (Lipinski definition) is 8. The fourth-order valence-corrected chi connectivity index (χ4v) is 0.618. The molecule has 0 aromatic heterocycles. The van der Waals surface area contributed by atoms with Gasteiger partial charge in [-0.2, -0.15) is 4.91 Å². The predicted octanol–water partition coefficient (Wildman–Crippen LogP) is -3.05. The standard InChI is InChI=1S/C6H12O6.HNO/c7-1-3(9)5(11)6(12)4(10)2-8;1-2/h1,3-6,8-12H,2H2;1H/t3-,4+,5+,6+;/m0./s1. The normalized spacial score (nSPS) is 18.4. The minimum Gasteiger partial charge on any atom is -0.394 e. The molecule has 0 spiro atoms. The lowest BCUT2D eigenvalue weighted by atomic mass is 10.0. The molecule has 8 nitrogen and oxygen atoms in total. The summed E-state index contributed by atoms with van der Waals surface area (Å²) in [6.07, 6.45) is -6.84. The maximum atomic E-state index is 9.90. The number of rotatable bonds is 5. The van der Waals surface area contributed by atoms with Crippen molar-refractivity contribution >= 4 is 6.29 Å². The van der Waals surface area contributed by atoms with Crippen molar-refractivity contribution in [2.24, 2.45) is 0 Å². The summed E-state index contributed by atoms with van der Waals surface area (Å²) in [5.74, 6) is 0. The van der Waals surface area contributed by atoms with Crippen LogP contribution in [0.15, 0.2) is 0 Å². The average molecular weight is 211 g/mol. The van der Waals surface area contributed by atoms with Gasteiger partial charge in [-0.3, -0.25) is 0 Å². The summed E-state index contributed by atoms with van der Waals surface area (Å²) in [4.78, 5) is 17.4. The number of nitrogens with one attached hydrogen (secondary N) is 1. The second-order valence-corrected chi connectivity index (χ2v) is 2.36. The lowest BCUT2D eigenvalue weighted by molar-refractivity contribution is -0.136. The van der Waals surface area contributed by atoms with E-state index < -0.39 is 31.0 Å². The Morgan fingerprint density at radius 2 is 1.50 bits per heavy atom. The first-order valence-electron chi connectivity index (χ1n) is 3.53. The molecule has 0 aliphatic heterocycles. The highest BCUT2D eigenvalue weighted by Gasteiger charge is 2.29. The Hall–Kier alpha value is -0.930. The minimum absolute atomic E-state index is 0.0258. The van der Waals surface area contributed by atoms with E-state index in [1.165, 1.54) is 0 Å². The lowest BCUT2D eigenvalue weighted by Crippen LogP contribution is -2.46. The highest BCUT2D eigenvalue weighted by atomic mass is 16.4. The molecule has 0 amide bonds. The quantitative estimate of drug-likeness (QED) is 0.208. The van der Waals surface area contributed by atoms with Crippen LogP contribution in [0.3, 0.4) is 0 Å². The molecular weight excluding hydrogens is 198 g/mol. The zero-order chi connectivity index (χ0) is 11.7. The summed E-state index contributed by atoms with van der Waals surface area (Å²) >= 11 is 0. The van der Waals surface area contributed by atoms with E-state index in [2.05, 4.69) is 5.59 Å². The van der Waals surface area contributed by atoms with Gasteiger partial charge in [0.1, 0.15) is 24.4 Å². The van der Waals surface area contributed by atoms with Gasteiger partial charge in [0.05, 0.1) is 6.61 Å². The number of nitroso groups, excluding NO2 is 1. The van der Waals surface area contributed by atoms with Crippen LogP contribution in [0.1, 0.15) is 0 Å². The van der Waals surface area contributed by atoms with Crippen molar-refractivity contribution in [3.8, 4) is 0 Å². The van der Waals surface area contributed by atoms with Crippen LogP contribution < -0.4 is 0 Å². The molecule has 8 heteroatoms. The zero-order valence-electron chi connectivity index (χ0n) is 7.15. The molecule has 0 unspecified atom stereocenters. The lowest BCUT2D eigenvalue weighted by Gasteiger charge is -2.22. The summed E-state index contributed by atoms with van der Waals surface area (Å²) < 4.78 is 0. The van der Waals surface area contributed by atoms with Gasteiger partial charge in [-0.25, -0.2) is 0 Å². The maximum absolute atomic E-state index is 9.90. The summed E-state index contributed by atoms with van der Waals surface area (Å²) in [6.45, 7) is -0.760. The molecule has 84 valence electrons. The molecule has 6 N–H and O–H groups in total. The number of carbonyl (C=O) groups excluding carboxylic acids is 1. The summed E-state index contributed by atoms with van der Waals surface area (Å²) in [5.41, 5.74) is 4.50. The van der Waals surface area contributed by atoms with Gasteiger partial charge in [-0.15, -0.1) is 0 Å². The third-order valence-electron chi connectivity index (χ3n) is 1.42. The summed E-state index contributed by atoms with van der Waals surface area (Å²) in [6, 6.07) is 0. The van der Waals surface area contributed by atoms with Crippen LogP contribution in [0.2, 0.25) is 0 Å². The van der Waals surface area contributed by atoms with E-state index in [0.29, 0.717) is 0 Å². The zero-order valence-corrected chi connectivity index (χ0v) is 7.15. The Bertz CT molecular complexity index is 155. The highest BCUT2D eigenvalue weighted by molar-refractivity contribution is 5.56. The van der Waals surface area contributed by atoms with E-state index in [-0.39, 0.29) is 6.29 Å². The van der Waals surface area contributed by atoms with Crippen LogP contribution in [0.5, 0.6) is 0 Å². The molecule has 0 aromatic rings. The molecule has 0 aliphatic rings. The first-order chi connectivity index (χ1) is 6.54. The van der Waals surface area contributed by atoms with Crippen molar-refractivity contribution in [3.63, 3.8) is 0 Å². The smallest absolute Gasteiger partial charge is 0.151 e. The van der Waals surface area contributed by atoms with Gasteiger partial charge >= 0.3 is 0 Å². The monoisotopic (exact) mass is 211 g/mol. The third kappa shape index (κ3) is 4.94. The van der Waals surface area contributed by atoms with E-state index in [1.54, 1.807) is 0 Å². The van der Waals surface area contributed by atoms with Crippen LogP contribution in [-0.2, 0) is 4.79 Å². The molecule has 14 heavy (non-hydrogen) atoms. The topological polar surface area (TPSA) is 159 Å². The predicted molar refractivity (Wildman–Crippen MR) is 43.3 cm³/mol. The van der Waals surface area contributed by atoms with Gasteiger partial charge in [0.2, 0.25) is 0 Å². The van der Waals surface area contributed by atoms with Crippen molar-refractivity contribution in [1.29, 1.82) is 5.59 Å². The Morgan fingerprint density at radius 1 is 1.07 bits per heavy atom. The van der Waals surface area contributed by atoms with E-state index >= 15 is 0 Å². The second kappa shape index (κ2) is 8.66. The number of hydrogen-bond donors (Lipinski definition) is 6. The van der Waals surface area contributed by atoms with Crippen LogP contribution in [0.25, 0.3) is 0 Å². The molecule has 0 saturated heterocycles. The first-order valence-corrected chi connectivity index (χ1v) is 3.53. The molecule has 0 aromatic carbocycles. The molecule has 0 saturated carbocycles. The average Bonchev–Trinajstić information content (AvgIpc) is 2.27. The minimum atomic E-state index is -1.79. The maximum Gasteiger partial charge on any atom is 0.151 e. The van der Waals surface area contributed by atoms with Gasteiger partial charge in [0.25, 0.3) is 0 Å². The molecule has 0 heterocycles. The number of aliphatic hydroxyl groups excluding tert-OH is 5. The Balaban J connectivity index is 0. The Labute approximate surface area is 79.2 Å². The van der Waals surface area contributed by atoms with E-state index in [1.807, 2.05) is 0 Å². The Kier molecular flexibility index (Phi) is 9.61. The van der Waals surface area contributed by atoms with Gasteiger partial charge in [0.15, 0.2) is 6.29 Å². The van der Waals surface area contributed by atoms with Gasteiger partial charge < -0.3 is 30.3 Å². The highest BCUT2D eigenvalue weighted by Crippen LogP contribution is 2.02. The molecule has 0 fully saturated rings. The molecule has 0 bridgehead atoms. The van der Waals surface area contributed by atoms with Crippen molar-refractivity contribution in [1.82, 2.24) is 0 Å². The van der Waals surface area contributed by atoms with E-state index in [4.69, 9.17) is 30.4 Å². The second-order valence-electron chi connectivity index (χ2n) is 2.36. The van der Waals surface area contributed by atoms with E-state index in [9.17, 15) is 4.79 Å². The molecule has 0 radical (unpaired) electrons. The SMILES string of the molecule is N=O.O=C[C@H](O)[C@@H](O)[C@H](O)[C@H](O)CO. The molecule has 0 aliphatic carbocycles. The van der Waals surface area contributed by atoms with Crippen LogP contribution in [0, 0.1) is 10.5 Å². The van der Waals surface area contributed by atoms with Crippen LogP contribution >= 0.6 is 0 Å². The molecule has 4 atom stereocenters. The van der Waals surface area contributed by atoms with E-state index in [0.717, 1.165) is 0 Å². The van der Waals surface area contributed by atoms with Crippen molar-refractivity contribution in [2.75, 3.05) is 6.61 Å². The summed E-state index contributed by atoms with van der Waals surface area (Å²) in [5, 5.41) is 43.5.